The maximum absolute atomic E-state index is 6.10. The molecule has 0 bridgehead atoms. The topological polar surface area (TPSA) is 38.3 Å². The maximum Gasteiger partial charge on any atom is 0.236 e. The fraction of sp³-hybridized carbons (Fsp3) is 0.238. The molecule has 0 spiro atoms. The first-order valence-corrected chi connectivity index (χ1v) is 8.48. The molecule has 2 aromatic carbocycles. The first kappa shape index (κ1) is 17.1. The molecular weight excluding hydrogens is 310 g/mol. The Morgan fingerprint density at radius 1 is 0.840 bits per heavy atom. The molecule has 25 heavy (non-hydrogen) atoms. The van der Waals surface area contributed by atoms with Gasteiger partial charge in [-0.2, -0.15) is 0 Å². The van der Waals surface area contributed by atoms with E-state index in [0.29, 0.717) is 5.88 Å². The fourth-order valence-electron chi connectivity index (χ4n) is 2.70. The van der Waals surface area contributed by atoms with Gasteiger partial charge >= 0.3 is 0 Å². The molecule has 1 unspecified atom stereocenters. The molecule has 0 aliphatic carbocycles. The van der Waals surface area contributed by atoms with Gasteiger partial charge in [0.25, 0.3) is 0 Å². The minimum atomic E-state index is -0.129. The van der Waals surface area contributed by atoms with Gasteiger partial charge in [0.2, 0.25) is 5.88 Å². The van der Waals surface area contributed by atoms with E-state index in [9.17, 15) is 0 Å². The van der Waals surface area contributed by atoms with E-state index < -0.39 is 0 Å². The van der Waals surface area contributed by atoms with E-state index in [4.69, 9.17) is 4.74 Å². The zero-order valence-electron chi connectivity index (χ0n) is 14.7. The van der Waals surface area contributed by atoms with E-state index in [1.54, 1.807) is 12.4 Å². The Balaban J connectivity index is 1.78. The largest absolute Gasteiger partial charge is 0.457 e. The highest BCUT2D eigenvalue weighted by atomic mass is 16.5. The van der Waals surface area contributed by atoms with E-state index in [-0.39, 0.29) is 6.23 Å². The number of aromatic nitrogens is 2. The molecule has 4 heteroatoms. The summed E-state index contributed by atoms with van der Waals surface area (Å²) in [6.45, 7) is 5.57. The van der Waals surface area contributed by atoms with Gasteiger partial charge in [0.05, 0.1) is 5.69 Å². The zero-order chi connectivity index (χ0) is 17.5. The summed E-state index contributed by atoms with van der Waals surface area (Å²) in [6, 6.07) is 20.9. The summed E-state index contributed by atoms with van der Waals surface area (Å²) in [6.07, 6.45) is 3.21. The minimum absolute atomic E-state index is 0.129. The van der Waals surface area contributed by atoms with Crippen molar-refractivity contribution in [3.8, 4) is 5.88 Å². The average Bonchev–Trinajstić information content (AvgIpc) is 2.65. The van der Waals surface area contributed by atoms with Crippen LogP contribution in [-0.4, -0.2) is 21.1 Å². The predicted molar refractivity (Wildman–Crippen MR) is 99.0 cm³/mol. The molecule has 128 valence electrons. The Bertz CT molecular complexity index is 736. The van der Waals surface area contributed by atoms with Crippen LogP contribution in [-0.2, 0) is 13.1 Å². The molecule has 0 aliphatic heterocycles. The van der Waals surface area contributed by atoms with Crippen molar-refractivity contribution >= 4 is 0 Å². The first-order chi connectivity index (χ1) is 12.2. The lowest BCUT2D eigenvalue weighted by molar-refractivity contribution is 0.0226. The van der Waals surface area contributed by atoms with Gasteiger partial charge in [0, 0.05) is 25.5 Å². The van der Waals surface area contributed by atoms with Crippen LogP contribution in [0.1, 0.15) is 23.7 Å². The second kappa shape index (κ2) is 8.40. The van der Waals surface area contributed by atoms with E-state index in [1.165, 1.54) is 11.1 Å². The Hall–Kier alpha value is -2.72. The van der Waals surface area contributed by atoms with Crippen molar-refractivity contribution in [2.75, 3.05) is 0 Å². The van der Waals surface area contributed by atoms with Gasteiger partial charge in [-0.25, -0.2) is 4.98 Å². The molecule has 0 N–H and O–H groups in total. The van der Waals surface area contributed by atoms with Gasteiger partial charge in [-0.05, 0) is 25.0 Å². The number of rotatable bonds is 7. The second-order valence-electron chi connectivity index (χ2n) is 6.04. The number of benzene rings is 2. The van der Waals surface area contributed by atoms with Gasteiger partial charge in [0.1, 0.15) is 0 Å². The summed E-state index contributed by atoms with van der Waals surface area (Å²) in [5, 5.41) is 0. The molecular formula is C21H23N3O. The van der Waals surface area contributed by atoms with Crippen molar-refractivity contribution < 1.29 is 4.74 Å². The van der Waals surface area contributed by atoms with Crippen molar-refractivity contribution in [3.63, 3.8) is 0 Å². The van der Waals surface area contributed by atoms with Crippen LogP contribution in [0.25, 0.3) is 0 Å². The van der Waals surface area contributed by atoms with Gasteiger partial charge in [-0.1, -0.05) is 60.7 Å². The molecule has 0 saturated heterocycles. The van der Waals surface area contributed by atoms with Crippen LogP contribution >= 0.6 is 0 Å². The summed E-state index contributed by atoms with van der Waals surface area (Å²) in [5.74, 6) is 0.584. The lowest BCUT2D eigenvalue weighted by Crippen LogP contribution is -2.36. The summed E-state index contributed by atoms with van der Waals surface area (Å²) >= 11 is 0. The lowest BCUT2D eigenvalue weighted by Gasteiger charge is -2.29. The monoisotopic (exact) mass is 333 g/mol. The smallest absolute Gasteiger partial charge is 0.236 e. The number of ether oxygens (including phenoxy) is 1. The molecule has 4 nitrogen and oxygen atoms in total. The van der Waals surface area contributed by atoms with Crippen LogP contribution < -0.4 is 4.74 Å². The molecule has 1 heterocycles. The third-order valence-electron chi connectivity index (χ3n) is 4.09. The van der Waals surface area contributed by atoms with E-state index in [2.05, 4.69) is 70.3 Å². The summed E-state index contributed by atoms with van der Waals surface area (Å²) in [4.78, 5) is 10.8. The molecule has 0 amide bonds. The Morgan fingerprint density at radius 2 is 1.36 bits per heavy atom. The quantitative estimate of drug-likeness (QED) is 0.607. The van der Waals surface area contributed by atoms with E-state index >= 15 is 0 Å². The summed E-state index contributed by atoms with van der Waals surface area (Å²) in [7, 11) is 0. The Morgan fingerprint density at radius 3 is 1.88 bits per heavy atom. The number of aryl methyl sites for hydroxylation is 1. The van der Waals surface area contributed by atoms with Gasteiger partial charge in [-0.3, -0.25) is 9.88 Å². The molecule has 1 atom stereocenters. The average molecular weight is 333 g/mol. The third-order valence-corrected chi connectivity index (χ3v) is 4.09. The SMILES string of the molecule is Cc1nccnc1OC(C)N(Cc1ccccc1)Cc1ccccc1. The van der Waals surface area contributed by atoms with Gasteiger partial charge in [0.15, 0.2) is 6.23 Å². The highest BCUT2D eigenvalue weighted by molar-refractivity contribution is 5.18. The fourth-order valence-corrected chi connectivity index (χ4v) is 2.70. The van der Waals surface area contributed by atoms with Crippen LogP contribution in [0.3, 0.4) is 0 Å². The molecule has 0 fully saturated rings. The number of hydrogen-bond acceptors (Lipinski definition) is 4. The van der Waals surface area contributed by atoms with Crippen LogP contribution in [0.15, 0.2) is 73.1 Å². The summed E-state index contributed by atoms with van der Waals surface area (Å²) < 4.78 is 6.10. The third kappa shape index (κ3) is 4.88. The van der Waals surface area contributed by atoms with Crippen LogP contribution in [0, 0.1) is 6.92 Å². The van der Waals surface area contributed by atoms with Gasteiger partial charge < -0.3 is 4.74 Å². The molecule has 1 aromatic heterocycles. The Labute approximate surface area is 149 Å². The molecule has 0 radical (unpaired) electrons. The molecule has 3 rings (SSSR count). The predicted octanol–water partition coefficient (Wildman–Crippen LogP) is 4.21. The molecule has 0 saturated carbocycles. The number of hydrogen-bond donors (Lipinski definition) is 0. The van der Waals surface area contributed by atoms with Crippen LogP contribution in [0.5, 0.6) is 5.88 Å². The zero-order valence-corrected chi connectivity index (χ0v) is 14.7. The molecule has 3 aromatic rings. The van der Waals surface area contributed by atoms with Crippen molar-refractivity contribution in [3.05, 3.63) is 89.9 Å². The van der Waals surface area contributed by atoms with E-state index in [0.717, 1.165) is 18.8 Å². The standard InChI is InChI=1S/C21H23N3O/c1-17-21(23-14-13-22-17)25-18(2)24(15-19-9-5-3-6-10-19)16-20-11-7-4-8-12-20/h3-14,18H,15-16H2,1-2H3. The van der Waals surface area contributed by atoms with Crippen LogP contribution in [0.2, 0.25) is 0 Å². The van der Waals surface area contributed by atoms with Crippen molar-refractivity contribution in [2.24, 2.45) is 0 Å². The van der Waals surface area contributed by atoms with Crippen LogP contribution in [0.4, 0.5) is 0 Å². The molecule has 0 aliphatic rings. The maximum atomic E-state index is 6.10. The Kier molecular flexibility index (Phi) is 5.75. The van der Waals surface area contributed by atoms with Crippen molar-refractivity contribution in [1.82, 2.24) is 14.9 Å². The first-order valence-electron chi connectivity index (χ1n) is 8.48. The summed E-state index contributed by atoms with van der Waals surface area (Å²) in [5.41, 5.74) is 3.31. The van der Waals surface area contributed by atoms with Crippen molar-refractivity contribution in [2.45, 2.75) is 33.2 Å². The number of nitrogens with zero attached hydrogens (tertiary/aromatic N) is 3. The normalized spacial score (nSPS) is 12.1. The highest BCUT2D eigenvalue weighted by Crippen LogP contribution is 2.18. The highest BCUT2D eigenvalue weighted by Gasteiger charge is 2.18. The second-order valence-corrected chi connectivity index (χ2v) is 6.04. The van der Waals surface area contributed by atoms with Gasteiger partial charge in [-0.15, -0.1) is 0 Å². The van der Waals surface area contributed by atoms with Crippen molar-refractivity contribution in [1.29, 1.82) is 0 Å². The van der Waals surface area contributed by atoms with E-state index in [1.807, 2.05) is 19.1 Å². The lowest BCUT2D eigenvalue weighted by atomic mass is 10.1. The minimum Gasteiger partial charge on any atom is -0.457 e.